The van der Waals surface area contributed by atoms with Gasteiger partial charge in [-0.2, -0.15) is 0 Å². The molecule has 0 aromatic rings. The molecule has 18 heavy (non-hydrogen) atoms. The van der Waals surface area contributed by atoms with E-state index in [1.807, 2.05) is 0 Å². The largest absolute Gasteiger partial charge is 0.330 e. The molecule has 106 valence electrons. The molecule has 0 aromatic carbocycles. The summed E-state index contributed by atoms with van der Waals surface area (Å²) in [6.45, 7) is 5.68. The lowest BCUT2D eigenvalue weighted by Crippen LogP contribution is -2.58. The minimum absolute atomic E-state index is 0.669. The highest BCUT2D eigenvalue weighted by Crippen LogP contribution is 2.26. The summed E-state index contributed by atoms with van der Waals surface area (Å²) in [5.74, 6) is 0. The number of hydrogen-bond donors (Lipinski definition) is 1. The molecule has 2 N–H and O–H groups in total. The SMILES string of the molecule is CC1CN(C2CCCCCC2)CC(CCN)N1C. The molecule has 0 bridgehead atoms. The summed E-state index contributed by atoms with van der Waals surface area (Å²) in [5, 5.41) is 0. The van der Waals surface area contributed by atoms with Crippen molar-refractivity contribution in [2.24, 2.45) is 5.73 Å². The third-order valence-electron chi connectivity index (χ3n) is 5.06. The Bertz CT molecular complexity index is 236. The first kappa shape index (κ1) is 14.3. The lowest BCUT2D eigenvalue weighted by atomic mass is 9.99. The maximum Gasteiger partial charge on any atom is 0.0235 e. The van der Waals surface area contributed by atoms with Crippen molar-refractivity contribution in [1.29, 1.82) is 0 Å². The first-order valence-electron chi connectivity index (χ1n) is 7.88. The highest BCUT2D eigenvalue weighted by atomic mass is 15.3. The number of rotatable bonds is 3. The van der Waals surface area contributed by atoms with Gasteiger partial charge in [0.2, 0.25) is 0 Å². The highest BCUT2D eigenvalue weighted by molar-refractivity contribution is 4.89. The maximum absolute atomic E-state index is 5.77. The number of nitrogens with zero attached hydrogens (tertiary/aromatic N) is 2. The summed E-state index contributed by atoms with van der Waals surface area (Å²) in [4.78, 5) is 5.32. The number of hydrogen-bond acceptors (Lipinski definition) is 3. The van der Waals surface area contributed by atoms with Gasteiger partial charge in [0.05, 0.1) is 0 Å². The number of likely N-dealkylation sites (N-methyl/N-ethyl adjacent to an activating group) is 1. The molecular weight excluding hydrogens is 222 g/mol. The summed E-state index contributed by atoms with van der Waals surface area (Å²) >= 11 is 0. The van der Waals surface area contributed by atoms with E-state index in [1.165, 1.54) is 51.6 Å². The molecule has 1 heterocycles. The fourth-order valence-corrected chi connectivity index (χ4v) is 3.71. The van der Waals surface area contributed by atoms with Crippen LogP contribution in [0.5, 0.6) is 0 Å². The third kappa shape index (κ3) is 3.46. The molecule has 2 unspecified atom stereocenters. The van der Waals surface area contributed by atoms with E-state index in [-0.39, 0.29) is 0 Å². The van der Waals surface area contributed by atoms with Gasteiger partial charge in [0, 0.05) is 31.2 Å². The molecule has 2 rings (SSSR count). The van der Waals surface area contributed by atoms with Gasteiger partial charge in [0.1, 0.15) is 0 Å². The second kappa shape index (κ2) is 6.88. The van der Waals surface area contributed by atoms with Gasteiger partial charge in [-0.15, -0.1) is 0 Å². The van der Waals surface area contributed by atoms with Gasteiger partial charge in [-0.25, -0.2) is 0 Å². The van der Waals surface area contributed by atoms with Crippen LogP contribution in [0.2, 0.25) is 0 Å². The molecule has 3 heteroatoms. The van der Waals surface area contributed by atoms with Gasteiger partial charge in [0.15, 0.2) is 0 Å². The summed E-state index contributed by atoms with van der Waals surface area (Å²) in [7, 11) is 2.27. The Morgan fingerprint density at radius 3 is 2.33 bits per heavy atom. The molecule has 3 nitrogen and oxygen atoms in total. The smallest absolute Gasteiger partial charge is 0.0235 e. The fourth-order valence-electron chi connectivity index (χ4n) is 3.71. The van der Waals surface area contributed by atoms with Gasteiger partial charge in [0.25, 0.3) is 0 Å². The molecule has 2 fully saturated rings. The highest BCUT2D eigenvalue weighted by Gasteiger charge is 2.32. The van der Waals surface area contributed by atoms with Gasteiger partial charge in [-0.3, -0.25) is 9.80 Å². The number of piperazine rings is 1. The first-order chi connectivity index (χ1) is 8.72. The zero-order chi connectivity index (χ0) is 13.0. The van der Waals surface area contributed by atoms with Crippen molar-refractivity contribution < 1.29 is 0 Å². The van der Waals surface area contributed by atoms with Crippen LogP contribution in [0.4, 0.5) is 0 Å². The van der Waals surface area contributed by atoms with Crippen LogP contribution in [-0.4, -0.2) is 54.6 Å². The van der Waals surface area contributed by atoms with Crippen LogP contribution in [0.3, 0.4) is 0 Å². The van der Waals surface area contributed by atoms with Gasteiger partial charge in [-0.05, 0) is 39.8 Å². The van der Waals surface area contributed by atoms with Crippen LogP contribution in [0.1, 0.15) is 51.9 Å². The van der Waals surface area contributed by atoms with Gasteiger partial charge in [-0.1, -0.05) is 25.7 Å². The zero-order valence-corrected chi connectivity index (χ0v) is 12.3. The van der Waals surface area contributed by atoms with Crippen molar-refractivity contribution in [3.8, 4) is 0 Å². The summed E-state index contributed by atoms with van der Waals surface area (Å²) in [5.41, 5.74) is 5.77. The standard InChI is InChI=1S/C15H31N3/c1-13-11-18(12-15(9-10-16)17(13)2)14-7-5-3-4-6-8-14/h13-15H,3-12,16H2,1-2H3. The Balaban J connectivity index is 1.95. The van der Waals surface area contributed by atoms with E-state index in [2.05, 4.69) is 23.8 Å². The minimum Gasteiger partial charge on any atom is -0.330 e. The average molecular weight is 253 g/mol. The van der Waals surface area contributed by atoms with Crippen LogP contribution >= 0.6 is 0 Å². The van der Waals surface area contributed by atoms with E-state index in [4.69, 9.17) is 5.73 Å². The van der Waals surface area contributed by atoms with Crippen molar-refractivity contribution in [2.75, 3.05) is 26.7 Å². The Morgan fingerprint density at radius 2 is 1.72 bits per heavy atom. The van der Waals surface area contributed by atoms with Crippen molar-refractivity contribution >= 4 is 0 Å². The molecule has 2 aliphatic rings. The zero-order valence-electron chi connectivity index (χ0n) is 12.3. The first-order valence-corrected chi connectivity index (χ1v) is 7.88. The van der Waals surface area contributed by atoms with Gasteiger partial charge < -0.3 is 5.73 Å². The van der Waals surface area contributed by atoms with Crippen LogP contribution in [0, 0.1) is 0 Å². The van der Waals surface area contributed by atoms with E-state index in [1.54, 1.807) is 0 Å². The quantitative estimate of drug-likeness (QED) is 0.782. The summed E-state index contributed by atoms with van der Waals surface area (Å²) in [6.07, 6.45) is 9.76. The molecule has 1 aliphatic heterocycles. The predicted molar refractivity (Wildman–Crippen MR) is 77.7 cm³/mol. The van der Waals surface area contributed by atoms with Crippen LogP contribution in [-0.2, 0) is 0 Å². The second-order valence-corrected chi connectivity index (χ2v) is 6.34. The molecule has 2 atom stereocenters. The van der Waals surface area contributed by atoms with E-state index >= 15 is 0 Å². The Morgan fingerprint density at radius 1 is 1.06 bits per heavy atom. The summed E-state index contributed by atoms with van der Waals surface area (Å²) < 4.78 is 0. The molecule has 1 saturated carbocycles. The molecule has 0 aromatic heterocycles. The minimum atomic E-state index is 0.669. The van der Waals surface area contributed by atoms with E-state index < -0.39 is 0 Å². The molecule has 0 spiro atoms. The number of nitrogens with two attached hydrogens (primary N) is 1. The van der Waals surface area contributed by atoms with Gasteiger partial charge >= 0.3 is 0 Å². The maximum atomic E-state index is 5.77. The van der Waals surface area contributed by atoms with E-state index in [0.29, 0.717) is 12.1 Å². The van der Waals surface area contributed by atoms with Crippen LogP contribution in [0.25, 0.3) is 0 Å². The second-order valence-electron chi connectivity index (χ2n) is 6.34. The normalized spacial score (nSPS) is 33.5. The molecular formula is C15H31N3. The Labute approximate surface area is 113 Å². The summed E-state index contributed by atoms with van der Waals surface area (Å²) in [6, 6.07) is 2.20. The van der Waals surface area contributed by atoms with E-state index in [9.17, 15) is 0 Å². The Hall–Kier alpha value is -0.120. The molecule has 0 radical (unpaired) electrons. The predicted octanol–water partition coefficient (Wildman–Crippen LogP) is 2.06. The van der Waals surface area contributed by atoms with Crippen LogP contribution < -0.4 is 5.73 Å². The molecule has 1 aliphatic carbocycles. The third-order valence-corrected chi connectivity index (χ3v) is 5.06. The van der Waals surface area contributed by atoms with Crippen molar-refractivity contribution in [1.82, 2.24) is 9.80 Å². The molecule has 0 amide bonds. The topological polar surface area (TPSA) is 32.5 Å². The van der Waals surface area contributed by atoms with Crippen LogP contribution in [0.15, 0.2) is 0 Å². The Kier molecular flexibility index (Phi) is 5.46. The van der Waals surface area contributed by atoms with Crippen molar-refractivity contribution in [3.63, 3.8) is 0 Å². The molecule has 1 saturated heterocycles. The van der Waals surface area contributed by atoms with Crippen molar-refractivity contribution in [3.05, 3.63) is 0 Å². The van der Waals surface area contributed by atoms with E-state index in [0.717, 1.165) is 19.0 Å². The monoisotopic (exact) mass is 253 g/mol. The average Bonchev–Trinajstić information content (AvgIpc) is 2.63. The lowest BCUT2D eigenvalue weighted by Gasteiger charge is -2.46. The van der Waals surface area contributed by atoms with Crippen molar-refractivity contribution in [2.45, 2.75) is 70.0 Å². The lowest BCUT2D eigenvalue weighted by molar-refractivity contribution is 0.0201. The fraction of sp³-hybridized carbons (Fsp3) is 1.00.